The monoisotopic (exact) mass is 394 g/mol. The van der Waals surface area contributed by atoms with Crippen molar-refractivity contribution in [3.8, 4) is 5.75 Å². The second kappa shape index (κ2) is 9.06. The minimum Gasteiger partial charge on any atom is -0.481 e. The van der Waals surface area contributed by atoms with Crippen LogP contribution < -0.4 is 10.1 Å². The fourth-order valence-corrected chi connectivity index (χ4v) is 5.28. The third kappa shape index (κ3) is 5.23. The van der Waals surface area contributed by atoms with E-state index in [9.17, 15) is 13.2 Å². The molecule has 0 spiro atoms. The predicted octanol–water partition coefficient (Wildman–Crippen LogP) is 3.08. The number of nitrogens with one attached hydrogen (secondary N) is 1. The lowest BCUT2D eigenvalue weighted by Gasteiger charge is -2.26. The second-order valence-electron chi connectivity index (χ2n) is 7.54. The number of benzene rings is 1. The molecule has 1 aliphatic carbocycles. The van der Waals surface area contributed by atoms with Crippen molar-refractivity contribution in [2.24, 2.45) is 0 Å². The Balaban J connectivity index is 1.57. The zero-order valence-corrected chi connectivity index (χ0v) is 16.8. The van der Waals surface area contributed by atoms with Gasteiger partial charge in [-0.1, -0.05) is 25.7 Å². The van der Waals surface area contributed by atoms with E-state index >= 15 is 0 Å². The molecular formula is C20H30N2O4S. The Morgan fingerprint density at radius 2 is 1.63 bits per heavy atom. The average Bonchev–Trinajstić information content (AvgIpc) is 2.70. The maximum Gasteiger partial charge on any atom is 0.260 e. The average molecular weight is 395 g/mol. The highest BCUT2D eigenvalue weighted by Gasteiger charge is 2.26. The lowest BCUT2D eigenvalue weighted by molar-refractivity contribution is -0.128. The van der Waals surface area contributed by atoms with Gasteiger partial charge in [0.1, 0.15) is 5.75 Å². The quantitative estimate of drug-likeness (QED) is 0.804. The summed E-state index contributed by atoms with van der Waals surface area (Å²) in [6.45, 7) is 2.88. The van der Waals surface area contributed by atoms with E-state index in [2.05, 4.69) is 5.32 Å². The molecule has 7 heteroatoms. The second-order valence-corrected chi connectivity index (χ2v) is 9.48. The van der Waals surface area contributed by atoms with E-state index in [4.69, 9.17) is 4.74 Å². The van der Waals surface area contributed by atoms with Gasteiger partial charge in [0, 0.05) is 19.1 Å². The minimum absolute atomic E-state index is 0.119. The van der Waals surface area contributed by atoms with Gasteiger partial charge in [0.15, 0.2) is 6.10 Å². The number of hydrogen-bond donors (Lipinski definition) is 1. The largest absolute Gasteiger partial charge is 0.481 e. The van der Waals surface area contributed by atoms with Gasteiger partial charge in [-0.2, -0.15) is 4.31 Å². The number of piperidine rings is 1. The van der Waals surface area contributed by atoms with Crippen LogP contribution in [0.4, 0.5) is 0 Å². The molecule has 0 aromatic heterocycles. The molecule has 2 fully saturated rings. The molecule has 6 nitrogen and oxygen atoms in total. The molecule has 2 aliphatic rings. The highest BCUT2D eigenvalue weighted by atomic mass is 32.2. The van der Waals surface area contributed by atoms with Gasteiger partial charge in [-0.3, -0.25) is 4.79 Å². The van der Waals surface area contributed by atoms with E-state index in [0.29, 0.717) is 18.8 Å². The van der Waals surface area contributed by atoms with Crippen LogP contribution in [0.25, 0.3) is 0 Å². The Morgan fingerprint density at radius 1 is 1.04 bits per heavy atom. The molecule has 1 amide bonds. The van der Waals surface area contributed by atoms with Gasteiger partial charge in [-0.05, 0) is 56.9 Å². The Kier molecular flexibility index (Phi) is 6.76. The molecule has 1 saturated heterocycles. The molecule has 1 saturated carbocycles. The summed E-state index contributed by atoms with van der Waals surface area (Å²) in [4.78, 5) is 12.6. The van der Waals surface area contributed by atoms with Crippen LogP contribution in [0.2, 0.25) is 0 Å². The number of carbonyl (C=O) groups is 1. The number of carbonyl (C=O) groups excluding carboxylic acids is 1. The lowest BCUT2D eigenvalue weighted by atomic mass is 9.95. The van der Waals surface area contributed by atoms with Crippen molar-refractivity contribution < 1.29 is 17.9 Å². The Morgan fingerprint density at radius 3 is 2.26 bits per heavy atom. The summed E-state index contributed by atoms with van der Waals surface area (Å²) in [5, 5.41) is 3.05. The van der Waals surface area contributed by atoms with Gasteiger partial charge in [-0.15, -0.1) is 0 Å². The number of hydrogen-bond acceptors (Lipinski definition) is 4. The first-order valence-corrected chi connectivity index (χ1v) is 11.5. The van der Waals surface area contributed by atoms with Crippen molar-refractivity contribution in [3.05, 3.63) is 24.3 Å². The van der Waals surface area contributed by atoms with Crippen LogP contribution >= 0.6 is 0 Å². The van der Waals surface area contributed by atoms with Crippen LogP contribution in [-0.2, 0) is 14.8 Å². The van der Waals surface area contributed by atoms with Crippen molar-refractivity contribution in [3.63, 3.8) is 0 Å². The summed E-state index contributed by atoms with van der Waals surface area (Å²) in [6, 6.07) is 6.62. The van der Waals surface area contributed by atoms with Gasteiger partial charge in [0.05, 0.1) is 4.90 Å². The Labute approximate surface area is 162 Å². The first-order valence-electron chi connectivity index (χ1n) is 10.0. The smallest absolute Gasteiger partial charge is 0.260 e. The third-order valence-electron chi connectivity index (χ3n) is 5.41. The number of nitrogens with zero attached hydrogens (tertiary/aromatic N) is 1. The van der Waals surface area contributed by atoms with Gasteiger partial charge in [0.25, 0.3) is 5.91 Å². The summed E-state index contributed by atoms with van der Waals surface area (Å²) >= 11 is 0. The molecule has 150 valence electrons. The normalized spacial score (nSPS) is 20.8. The van der Waals surface area contributed by atoms with Crippen molar-refractivity contribution >= 4 is 15.9 Å². The maximum atomic E-state index is 12.7. The lowest BCUT2D eigenvalue weighted by Crippen LogP contribution is -2.43. The summed E-state index contributed by atoms with van der Waals surface area (Å²) < 4.78 is 32.6. The van der Waals surface area contributed by atoms with Gasteiger partial charge in [0.2, 0.25) is 10.0 Å². The van der Waals surface area contributed by atoms with E-state index in [1.54, 1.807) is 35.5 Å². The van der Waals surface area contributed by atoms with E-state index in [-0.39, 0.29) is 16.8 Å². The predicted molar refractivity (Wildman–Crippen MR) is 104 cm³/mol. The van der Waals surface area contributed by atoms with Gasteiger partial charge >= 0.3 is 0 Å². The van der Waals surface area contributed by atoms with Crippen LogP contribution in [0.1, 0.15) is 58.3 Å². The van der Waals surface area contributed by atoms with Gasteiger partial charge in [-0.25, -0.2) is 8.42 Å². The van der Waals surface area contributed by atoms with Crippen molar-refractivity contribution in [2.75, 3.05) is 13.1 Å². The first kappa shape index (κ1) is 20.1. The summed E-state index contributed by atoms with van der Waals surface area (Å²) in [5.41, 5.74) is 0. The number of amides is 1. The highest BCUT2D eigenvalue weighted by Crippen LogP contribution is 2.23. The van der Waals surface area contributed by atoms with E-state index in [1.807, 2.05) is 0 Å². The van der Waals surface area contributed by atoms with Crippen LogP contribution in [-0.4, -0.2) is 43.9 Å². The number of rotatable bonds is 6. The summed E-state index contributed by atoms with van der Waals surface area (Å²) in [7, 11) is -3.44. The van der Waals surface area contributed by atoms with Crippen LogP contribution in [0.5, 0.6) is 5.75 Å². The summed E-state index contributed by atoms with van der Waals surface area (Å²) in [6.07, 6.45) is 7.91. The van der Waals surface area contributed by atoms with Gasteiger partial charge < -0.3 is 10.1 Å². The molecule has 0 bridgehead atoms. The maximum absolute atomic E-state index is 12.7. The molecule has 0 unspecified atom stereocenters. The number of sulfonamides is 1. The third-order valence-corrected chi connectivity index (χ3v) is 7.32. The van der Waals surface area contributed by atoms with E-state index < -0.39 is 16.1 Å². The zero-order chi connectivity index (χ0) is 19.3. The molecule has 0 radical (unpaired) electrons. The molecule has 1 aromatic rings. The van der Waals surface area contributed by atoms with Crippen molar-refractivity contribution in [1.29, 1.82) is 0 Å². The molecule has 1 atom stereocenters. The van der Waals surface area contributed by atoms with E-state index in [1.165, 1.54) is 6.42 Å². The molecule has 1 aliphatic heterocycles. The minimum atomic E-state index is -3.44. The fourth-order valence-electron chi connectivity index (χ4n) is 3.77. The molecule has 27 heavy (non-hydrogen) atoms. The molecular weight excluding hydrogens is 364 g/mol. The Bertz CT molecular complexity index is 721. The van der Waals surface area contributed by atoms with E-state index in [0.717, 1.165) is 44.9 Å². The Hall–Kier alpha value is -1.60. The number of ether oxygens (including phenoxy) is 1. The zero-order valence-electron chi connectivity index (χ0n) is 16.0. The topological polar surface area (TPSA) is 75.7 Å². The molecule has 1 N–H and O–H groups in total. The van der Waals surface area contributed by atoms with Crippen molar-refractivity contribution in [1.82, 2.24) is 9.62 Å². The summed E-state index contributed by atoms with van der Waals surface area (Å²) in [5.74, 6) is 0.380. The van der Waals surface area contributed by atoms with Crippen LogP contribution in [0.3, 0.4) is 0 Å². The molecule has 1 aromatic carbocycles. The van der Waals surface area contributed by atoms with Crippen LogP contribution in [0.15, 0.2) is 29.2 Å². The SMILES string of the molecule is C[C@@H](Oc1ccc(S(=O)(=O)N2CCCCC2)cc1)C(=O)NC1CCCCC1. The standard InChI is InChI=1S/C20H30N2O4S/c1-16(20(23)21-17-8-4-2-5-9-17)26-18-10-12-19(13-11-18)27(24,25)22-14-6-3-7-15-22/h10-13,16-17H,2-9,14-15H2,1H3,(H,21,23)/t16-/m1/s1. The molecule has 3 rings (SSSR count). The molecule has 1 heterocycles. The van der Waals surface area contributed by atoms with Crippen molar-refractivity contribution in [2.45, 2.75) is 75.3 Å². The fraction of sp³-hybridized carbons (Fsp3) is 0.650. The van der Waals surface area contributed by atoms with Crippen LogP contribution in [0, 0.1) is 0 Å². The first-order chi connectivity index (χ1) is 13.0. The highest BCUT2D eigenvalue weighted by molar-refractivity contribution is 7.89.